The summed E-state index contributed by atoms with van der Waals surface area (Å²) in [6, 6.07) is 11.6. The zero-order chi connectivity index (χ0) is 12.3. The van der Waals surface area contributed by atoms with Crippen molar-refractivity contribution < 1.29 is 17.9 Å². The number of hydrogen-bond donors (Lipinski definition) is 0. The number of hydrogen-bond acceptors (Lipinski definition) is 3. The largest absolute Gasteiger partial charge is 0.768 e. The van der Waals surface area contributed by atoms with Crippen LogP contribution in [0.5, 0.6) is 11.5 Å². The van der Waals surface area contributed by atoms with Crippen molar-refractivity contribution in [3.05, 3.63) is 54.3 Å². The van der Waals surface area contributed by atoms with Crippen LogP contribution in [0.15, 0.2) is 53.4 Å². The molecule has 17 heavy (non-hydrogen) atoms. The van der Waals surface area contributed by atoms with Crippen LogP contribution in [0.3, 0.4) is 0 Å². The van der Waals surface area contributed by atoms with E-state index in [-0.39, 0.29) is 16.5 Å². The van der Waals surface area contributed by atoms with Gasteiger partial charge in [0.25, 0.3) is 0 Å². The van der Waals surface area contributed by atoms with Gasteiger partial charge >= 0.3 is 0 Å². The molecule has 0 bridgehead atoms. The van der Waals surface area contributed by atoms with Crippen molar-refractivity contribution in [2.24, 2.45) is 0 Å². The van der Waals surface area contributed by atoms with E-state index in [0.717, 1.165) is 0 Å². The number of benzene rings is 2. The molecule has 2 aromatic rings. The van der Waals surface area contributed by atoms with E-state index in [1.165, 1.54) is 36.4 Å². The van der Waals surface area contributed by atoms with Crippen molar-refractivity contribution in [3.63, 3.8) is 0 Å². The van der Waals surface area contributed by atoms with Crippen LogP contribution in [-0.2, 0) is 11.1 Å². The normalized spacial score (nSPS) is 12.1. The Kier molecular flexibility index (Phi) is 3.51. The van der Waals surface area contributed by atoms with E-state index in [2.05, 4.69) is 0 Å². The maximum atomic E-state index is 12.7. The van der Waals surface area contributed by atoms with Crippen molar-refractivity contribution in [1.29, 1.82) is 0 Å². The third kappa shape index (κ3) is 2.89. The zero-order valence-electron chi connectivity index (χ0n) is 8.63. The van der Waals surface area contributed by atoms with Crippen molar-refractivity contribution in [1.82, 2.24) is 0 Å². The van der Waals surface area contributed by atoms with Crippen LogP contribution in [0.2, 0.25) is 0 Å². The van der Waals surface area contributed by atoms with Crippen LogP contribution in [0.25, 0.3) is 0 Å². The maximum absolute atomic E-state index is 12.7. The van der Waals surface area contributed by atoms with E-state index in [1.807, 2.05) is 0 Å². The quantitative estimate of drug-likeness (QED) is 0.788. The maximum Gasteiger partial charge on any atom is 0.142 e. The molecule has 0 aliphatic carbocycles. The summed E-state index contributed by atoms with van der Waals surface area (Å²) in [5.41, 5.74) is 0. The summed E-state index contributed by atoms with van der Waals surface area (Å²) < 4.78 is 39.9. The molecule has 0 N–H and O–H groups in total. The molecular formula is C12H8FO3S-. The van der Waals surface area contributed by atoms with Crippen molar-refractivity contribution >= 4 is 11.1 Å². The minimum atomic E-state index is -2.37. The fraction of sp³-hybridized carbons (Fsp3) is 0. The fourth-order valence-corrected chi connectivity index (χ4v) is 1.77. The van der Waals surface area contributed by atoms with Crippen LogP contribution >= 0.6 is 0 Å². The molecule has 0 heterocycles. The summed E-state index contributed by atoms with van der Waals surface area (Å²) >= 11 is -2.37. The average Bonchev–Trinajstić information content (AvgIpc) is 2.32. The standard InChI is InChI=1S/C12H9FO3S/c13-9-5-7-10(8-6-9)16-11-3-1-2-4-12(11)17(14)15/h1-8H,(H,14,15)/p-1. The first-order valence-corrected chi connectivity index (χ1v) is 5.86. The first-order valence-electron chi connectivity index (χ1n) is 4.78. The predicted molar refractivity (Wildman–Crippen MR) is 60.1 cm³/mol. The average molecular weight is 251 g/mol. The first kappa shape index (κ1) is 11.8. The minimum Gasteiger partial charge on any atom is -0.768 e. The summed E-state index contributed by atoms with van der Waals surface area (Å²) in [7, 11) is 0. The molecule has 2 aromatic carbocycles. The fourth-order valence-electron chi connectivity index (χ4n) is 1.30. The van der Waals surface area contributed by atoms with Gasteiger partial charge in [-0.15, -0.1) is 0 Å². The molecule has 1 atom stereocenters. The Labute approximate surface area is 100 Å². The summed E-state index contributed by atoms with van der Waals surface area (Å²) in [6.45, 7) is 0. The van der Waals surface area contributed by atoms with Gasteiger partial charge in [0.1, 0.15) is 17.3 Å². The van der Waals surface area contributed by atoms with Gasteiger partial charge in [-0.05, 0) is 47.5 Å². The number of rotatable bonds is 3. The highest BCUT2D eigenvalue weighted by Gasteiger charge is 2.04. The Bertz CT molecular complexity index is 540. The first-order chi connectivity index (χ1) is 8.16. The van der Waals surface area contributed by atoms with Crippen LogP contribution in [0.4, 0.5) is 4.39 Å². The molecule has 0 aromatic heterocycles. The lowest BCUT2D eigenvalue weighted by atomic mass is 10.3. The molecule has 0 spiro atoms. The summed E-state index contributed by atoms with van der Waals surface area (Å²) in [4.78, 5) is 0.0665. The monoisotopic (exact) mass is 251 g/mol. The Hall–Kier alpha value is -1.72. The van der Waals surface area contributed by atoms with Gasteiger partial charge in [-0.2, -0.15) is 0 Å². The molecule has 0 amide bonds. The van der Waals surface area contributed by atoms with Gasteiger partial charge in [0, 0.05) is 0 Å². The van der Waals surface area contributed by atoms with Gasteiger partial charge < -0.3 is 9.29 Å². The Morgan fingerprint density at radius 1 is 1.06 bits per heavy atom. The van der Waals surface area contributed by atoms with Crippen LogP contribution in [0.1, 0.15) is 0 Å². The van der Waals surface area contributed by atoms with Crippen molar-refractivity contribution in [2.45, 2.75) is 4.90 Å². The van der Waals surface area contributed by atoms with Gasteiger partial charge in [0.2, 0.25) is 0 Å². The van der Waals surface area contributed by atoms with E-state index in [1.54, 1.807) is 12.1 Å². The number of ether oxygens (including phenoxy) is 1. The predicted octanol–water partition coefficient (Wildman–Crippen LogP) is 2.86. The Morgan fingerprint density at radius 2 is 1.71 bits per heavy atom. The molecule has 0 aliphatic rings. The summed E-state index contributed by atoms with van der Waals surface area (Å²) in [5.74, 6) is 0.217. The van der Waals surface area contributed by atoms with Crippen LogP contribution in [0, 0.1) is 5.82 Å². The van der Waals surface area contributed by atoms with E-state index in [9.17, 15) is 13.2 Å². The van der Waals surface area contributed by atoms with Gasteiger partial charge in [0.05, 0.1) is 4.90 Å². The molecule has 0 radical (unpaired) electrons. The topological polar surface area (TPSA) is 49.4 Å². The third-order valence-corrected chi connectivity index (χ3v) is 2.77. The highest BCUT2D eigenvalue weighted by atomic mass is 32.2. The Balaban J connectivity index is 2.30. The van der Waals surface area contributed by atoms with Gasteiger partial charge in [0.15, 0.2) is 0 Å². The summed E-state index contributed by atoms with van der Waals surface area (Å²) in [6.07, 6.45) is 0. The third-order valence-electron chi connectivity index (χ3n) is 2.07. The molecule has 2 rings (SSSR count). The molecule has 3 nitrogen and oxygen atoms in total. The molecule has 1 unspecified atom stereocenters. The lowest BCUT2D eigenvalue weighted by molar-refractivity contribution is 0.462. The van der Waals surface area contributed by atoms with E-state index in [0.29, 0.717) is 5.75 Å². The lowest BCUT2D eigenvalue weighted by Gasteiger charge is -2.12. The van der Waals surface area contributed by atoms with Gasteiger partial charge in [-0.1, -0.05) is 12.1 Å². The van der Waals surface area contributed by atoms with Crippen LogP contribution in [-0.4, -0.2) is 8.76 Å². The van der Waals surface area contributed by atoms with Gasteiger partial charge in [-0.3, -0.25) is 4.21 Å². The summed E-state index contributed by atoms with van der Waals surface area (Å²) in [5, 5.41) is 0. The lowest BCUT2D eigenvalue weighted by Crippen LogP contribution is -1.94. The van der Waals surface area contributed by atoms with E-state index < -0.39 is 11.1 Å². The second-order valence-corrected chi connectivity index (χ2v) is 4.15. The molecule has 0 fully saturated rings. The number of para-hydroxylation sites is 1. The highest BCUT2D eigenvalue weighted by molar-refractivity contribution is 7.79. The van der Waals surface area contributed by atoms with Crippen molar-refractivity contribution in [2.75, 3.05) is 0 Å². The molecule has 88 valence electrons. The Morgan fingerprint density at radius 3 is 2.35 bits per heavy atom. The number of halogens is 1. The molecule has 0 saturated carbocycles. The highest BCUT2D eigenvalue weighted by Crippen LogP contribution is 2.26. The molecule has 5 heteroatoms. The molecular weight excluding hydrogens is 243 g/mol. The second kappa shape index (κ2) is 5.07. The van der Waals surface area contributed by atoms with Crippen LogP contribution < -0.4 is 4.74 Å². The second-order valence-electron chi connectivity index (χ2n) is 3.24. The molecule has 0 aliphatic heterocycles. The SMILES string of the molecule is O=S([O-])c1ccccc1Oc1ccc(F)cc1. The minimum absolute atomic E-state index is 0.0665. The van der Waals surface area contributed by atoms with Gasteiger partial charge in [-0.25, -0.2) is 4.39 Å². The smallest absolute Gasteiger partial charge is 0.142 e. The van der Waals surface area contributed by atoms with Crippen molar-refractivity contribution in [3.8, 4) is 11.5 Å². The molecule has 0 saturated heterocycles. The van der Waals surface area contributed by atoms with E-state index >= 15 is 0 Å². The van der Waals surface area contributed by atoms with E-state index in [4.69, 9.17) is 4.74 Å². The zero-order valence-corrected chi connectivity index (χ0v) is 9.45.